The molecule has 2 amide bonds. The van der Waals surface area contributed by atoms with Crippen LogP contribution in [-0.2, 0) is 5.41 Å². The van der Waals surface area contributed by atoms with Crippen molar-refractivity contribution in [1.29, 1.82) is 0 Å². The van der Waals surface area contributed by atoms with Gasteiger partial charge in [0.25, 0.3) is 11.8 Å². The first kappa shape index (κ1) is 24.5. The number of carbonyl (C=O) groups excluding carboxylic acids is 2. The predicted octanol–water partition coefficient (Wildman–Crippen LogP) is 4.75. The molecule has 5 aromatic rings. The summed E-state index contributed by atoms with van der Waals surface area (Å²) in [7, 11) is 0. The number of hydrogen-bond donors (Lipinski definition) is 1. The standard InChI is InChI=1S/C29H23ClFN7O2/c30-20-4-1-18(2-5-20)23-14-24(35-34-23)28(40)37-16-29(22-13-21(31)6-7-25(22)37)9-11-36(12-10-29)27(39)19-3-8-26-32-17-33-38(26)15-19/h1-8,13-15,17H,9-12,16H2,(H,34,35). The number of anilines is 1. The van der Waals surface area contributed by atoms with Crippen LogP contribution in [0.2, 0.25) is 5.02 Å². The van der Waals surface area contributed by atoms with E-state index >= 15 is 0 Å². The van der Waals surface area contributed by atoms with Crippen LogP contribution in [0.4, 0.5) is 10.1 Å². The van der Waals surface area contributed by atoms with Crippen LogP contribution in [0, 0.1) is 5.82 Å². The number of halogens is 2. The zero-order chi connectivity index (χ0) is 27.4. The van der Waals surface area contributed by atoms with Gasteiger partial charge in [0.2, 0.25) is 0 Å². The van der Waals surface area contributed by atoms with Gasteiger partial charge < -0.3 is 9.80 Å². The maximum atomic E-state index is 14.5. The quantitative estimate of drug-likeness (QED) is 0.346. The van der Waals surface area contributed by atoms with Crippen LogP contribution >= 0.6 is 11.6 Å². The number of benzene rings is 2. The molecule has 200 valence electrons. The predicted molar refractivity (Wildman–Crippen MR) is 147 cm³/mol. The minimum absolute atomic E-state index is 0.0927. The van der Waals surface area contributed by atoms with Gasteiger partial charge in [-0.15, -0.1) is 0 Å². The van der Waals surface area contributed by atoms with Gasteiger partial charge in [-0.2, -0.15) is 10.2 Å². The Morgan fingerprint density at radius 2 is 1.77 bits per heavy atom. The summed E-state index contributed by atoms with van der Waals surface area (Å²) < 4.78 is 16.1. The van der Waals surface area contributed by atoms with Gasteiger partial charge in [-0.05, 0) is 66.9 Å². The van der Waals surface area contributed by atoms with E-state index in [4.69, 9.17) is 11.6 Å². The lowest BCUT2D eigenvalue weighted by Gasteiger charge is -2.39. The highest BCUT2D eigenvalue weighted by molar-refractivity contribution is 6.30. The second kappa shape index (κ2) is 9.27. The summed E-state index contributed by atoms with van der Waals surface area (Å²) in [5, 5.41) is 11.9. The number of H-pyrrole nitrogens is 1. The van der Waals surface area contributed by atoms with Crippen molar-refractivity contribution in [2.24, 2.45) is 0 Å². The molecule has 0 unspecified atom stereocenters. The monoisotopic (exact) mass is 555 g/mol. The molecule has 0 saturated carbocycles. The first-order chi connectivity index (χ1) is 19.4. The smallest absolute Gasteiger partial charge is 0.276 e. The van der Waals surface area contributed by atoms with Gasteiger partial charge >= 0.3 is 0 Å². The van der Waals surface area contributed by atoms with E-state index < -0.39 is 5.41 Å². The number of likely N-dealkylation sites (tertiary alicyclic amines) is 1. The molecule has 7 rings (SSSR count). The van der Waals surface area contributed by atoms with Crippen LogP contribution in [0.15, 0.2) is 73.2 Å². The zero-order valence-electron chi connectivity index (χ0n) is 21.2. The number of nitrogens with one attached hydrogen (secondary N) is 1. The van der Waals surface area contributed by atoms with E-state index in [2.05, 4.69) is 20.3 Å². The van der Waals surface area contributed by atoms with Gasteiger partial charge in [0.1, 0.15) is 17.8 Å². The molecule has 0 bridgehead atoms. The molecule has 1 N–H and O–H groups in total. The van der Waals surface area contributed by atoms with E-state index in [9.17, 15) is 14.0 Å². The molecule has 0 radical (unpaired) electrons. The molecule has 1 spiro atoms. The highest BCUT2D eigenvalue weighted by atomic mass is 35.5. The van der Waals surface area contributed by atoms with Crippen molar-refractivity contribution in [3.63, 3.8) is 0 Å². The van der Waals surface area contributed by atoms with Crippen molar-refractivity contribution in [3.05, 3.63) is 101 Å². The summed E-state index contributed by atoms with van der Waals surface area (Å²) in [6.07, 6.45) is 4.32. The number of amides is 2. The van der Waals surface area contributed by atoms with Gasteiger partial charge in [0.05, 0.1) is 11.3 Å². The Labute approximate surface area is 233 Å². The van der Waals surface area contributed by atoms with Crippen LogP contribution in [-0.4, -0.2) is 61.1 Å². The van der Waals surface area contributed by atoms with Crippen LogP contribution in [0.25, 0.3) is 16.9 Å². The van der Waals surface area contributed by atoms with E-state index in [1.807, 2.05) is 12.1 Å². The third kappa shape index (κ3) is 4.03. The summed E-state index contributed by atoms with van der Waals surface area (Å²) in [5.41, 5.74) is 4.02. The van der Waals surface area contributed by atoms with Gasteiger partial charge in [0.15, 0.2) is 5.65 Å². The Morgan fingerprint density at radius 3 is 2.58 bits per heavy atom. The van der Waals surface area contributed by atoms with Crippen molar-refractivity contribution in [2.75, 3.05) is 24.5 Å². The largest absolute Gasteiger partial charge is 0.339 e. The number of nitrogens with zero attached hydrogens (tertiary/aromatic N) is 6. The molecule has 2 aliphatic rings. The minimum Gasteiger partial charge on any atom is -0.339 e. The third-order valence-corrected chi connectivity index (χ3v) is 8.26. The maximum Gasteiger partial charge on any atom is 0.276 e. The average Bonchev–Trinajstić information content (AvgIpc) is 3.72. The fourth-order valence-electron chi connectivity index (χ4n) is 5.86. The second-order valence-electron chi connectivity index (χ2n) is 10.3. The molecule has 0 atom stereocenters. The Bertz CT molecular complexity index is 1770. The van der Waals surface area contributed by atoms with Gasteiger partial charge in [-0.3, -0.25) is 14.7 Å². The van der Waals surface area contributed by atoms with Crippen molar-refractivity contribution in [3.8, 4) is 11.3 Å². The summed E-state index contributed by atoms with van der Waals surface area (Å²) in [6, 6.07) is 17.0. The first-order valence-electron chi connectivity index (χ1n) is 12.9. The highest BCUT2D eigenvalue weighted by Crippen LogP contribution is 2.48. The van der Waals surface area contributed by atoms with Crippen LogP contribution in [0.3, 0.4) is 0 Å². The number of carbonyl (C=O) groups is 2. The molecule has 40 heavy (non-hydrogen) atoms. The molecule has 1 saturated heterocycles. The van der Waals surface area contributed by atoms with Crippen molar-refractivity contribution < 1.29 is 14.0 Å². The number of hydrogen-bond acceptors (Lipinski definition) is 5. The van der Waals surface area contributed by atoms with E-state index in [-0.39, 0.29) is 17.6 Å². The number of piperidine rings is 1. The van der Waals surface area contributed by atoms with Gasteiger partial charge in [0, 0.05) is 47.5 Å². The first-order valence-corrected chi connectivity index (χ1v) is 13.3. The SMILES string of the molecule is O=C(c1ccc2ncnn2c1)N1CCC2(CC1)CN(C(=O)c1cc(-c3ccc(Cl)cc3)n[nH]1)c1ccc(F)cc12. The molecule has 9 nitrogen and oxygen atoms in total. The molecular formula is C29H23ClFN7O2. The molecule has 1 fully saturated rings. The van der Waals surface area contributed by atoms with E-state index in [1.165, 1.54) is 18.5 Å². The highest BCUT2D eigenvalue weighted by Gasteiger charge is 2.47. The fourth-order valence-corrected chi connectivity index (χ4v) is 5.99. The number of aromatic nitrogens is 5. The maximum absolute atomic E-state index is 14.5. The van der Waals surface area contributed by atoms with Crippen LogP contribution in [0.5, 0.6) is 0 Å². The topological polar surface area (TPSA) is 99.5 Å². The lowest BCUT2D eigenvalue weighted by Crippen LogP contribution is -2.48. The second-order valence-corrected chi connectivity index (χ2v) is 10.7. The Balaban J connectivity index is 1.13. The Hall–Kier alpha value is -4.57. The average molecular weight is 556 g/mol. The summed E-state index contributed by atoms with van der Waals surface area (Å²) >= 11 is 6.00. The van der Waals surface area contributed by atoms with E-state index in [0.29, 0.717) is 65.8 Å². The number of pyridine rings is 1. The van der Waals surface area contributed by atoms with E-state index in [1.54, 1.807) is 56.9 Å². The van der Waals surface area contributed by atoms with Gasteiger partial charge in [-0.25, -0.2) is 13.9 Å². The van der Waals surface area contributed by atoms with Crippen molar-refractivity contribution >= 4 is 34.7 Å². The fraction of sp³-hybridized carbons (Fsp3) is 0.207. The molecule has 5 heterocycles. The van der Waals surface area contributed by atoms with E-state index in [0.717, 1.165) is 11.1 Å². The molecule has 0 aliphatic carbocycles. The Morgan fingerprint density at radius 1 is 0.975 bits per heavy atom. The number of rotatable bonds is 3. The molecule has 2 aromatic carbocycles. The normalized spacial score (nSPS) is 16.1. The number of fused-ring (bicyclic) bond motifs is 3. The third-order valence-electron chi connectivity index (χ3n) is 8.00. The molecule has 2 aliphatic heterocycles. The van der Waals surface area contributed by atoms with Crippen LogP contribution < -0.4 is 4.90 Å². The zero-order valence-corrected chi connectivity index (χ0v) is 22.0. The Kier molecular flexibility index (Phi) is 5.67. The minimum atomic E-state index is -0.460. The molecule has 3 aromatic heterocycles. The molecular weight excluding hydrogens is 533 g/mol. The molecule has 11 heteroatoms. The lowest BCUT2D eigenvalue weighted by atomic mass is 9.74. The van der Waals surface area contributed by atoms with Crippen molar-refractivity contribution in [2.45, 2.75) is 18.3 Å². The summed E-state index contributed by atoms with van der Waals surface area (Å²) in [4.78, 5) is 34.6. The van der Waals surface area contributed by atoms with Crippen molar-refractivity contribution in [1.82, 2.24) is 29.7 Å². The van der Waals surface area contributed by atoms with Crippen LogP contribution in [0.1, 0.15) is 39.3 Å². The van der Waals surface area contributed by atoms with Gasteiger partial charge in [-0.1, -0.05) is 23.7 Å². The number of aromatic amines is 1. The summed E-state index contributed by atoms with van der Waals surface area (Å²) in [6.45, 7) is 1.36. The summed E-state index contributed by atoms with van der Waals surface area (Å²) in [5.74, 6) is -0.680. The lowest BCUT2D eigenvalue weighted by molar-refractivity contribution is 0.0670.